The van der Waals surface area contributed by atoms with E-state index in [9.17, 15) is 10.1 Å². The highest BCUT2D eigenvalue weighted by molar-refractivity contribution is 5.96. The maximum Gasteiger partial charge on any atom is 0.353 e. The Bertz CT molecular complexity index is 1040. The molecule has 164 valence electrons. The van der Waals surface area contributed by atoms with Gasteiger partial charge in [0.05, 0.1) is 10.6 Å². The molecule has 0 fully saturated rings. The molecule has 3 rings (SSSR count). The SMILES string of the molecule is CCN(c1ncnc(N(CC(C)C)CC(C)C)c1[N+](=O)[O-])c1cccc2ccccc12. The van der Waals surface area contributed by atoms with E-state index in [2.05, 4.69) is 37.7 Å². The quantitative estimate of drug-likeness (QED) is 0.320. The zero-order valence-electron chi connectivity index (χ0n) is 18.9. The molecule has 7 nitrogen and oxygen atoms in total. The van der Waals surface area contributed by atoms with E-state index in [-0.39, 0.29) is 10.6 Å². The van der Waals surface area contributed by atoms with Gasteiger partial charge in [-0.1, -0.05) is 64.1 Å². The molecule has 0 bridgehead atoms. The van der Waals surface area contributed by atoms with Gasteiger partial charge in [0.2, 0.25) is 11.6 Å². The lowest BCUT2D eigenvalue weighted by atomic mass is 10.1. The Balaban J connectivity index is 2.20. The zero-order chi connectivity index (χ0) is 22.5. The zero-order valence-corrected chi connectivity index (χ0v) is 18.9. The summed E-state index contributed by atoms with van der Waals surface area (Å²) in [6.45, 7) is 12.3. The summed E-state index contributed by atoms with van der Waals surface area (Å²) in [5, 5.41) is 14.4. The third-order valence-corrected chi connectivity index (χ3v) is 5.07. The molecule has 31 heavy (non-hydrogen) atoms. The van der Waals surface area contributed by atoms with Crippen LogP contribution in [-0.2, 0) is 0 Å². The van der Waals surface area contributed by atoms with Gasteiger partial charge in [0.15, 0.2) is 0 Å². The van der Waals surface area contributed by atoms with Crippen molar-refractivity contribution >= 4 is 33.8 Å². The van der Waals surface area contributed by atoms with Crippen LogP contribution in [0.25, 0.3) is 10.8 Å². The van der Waals surface area contributed by atoms with Crippen molar-refractivity contribution in [2.75, 3.05) is 29.4 Å². The van der Waals surface area contributed by atoms with Crippen molar-refractivity contribution in [3.8, 4) is 0 Å². The van der Waals surface area contributed by atoms with Crippen LogP contribution in [0.3, 0.4) is 0 Å². The van der Waals surface area contributed by atoms with Gasteiger partial charge < -0.3 is 9.80 Å². The lowest BCUT2D eigenvalue weighted by molar-refractivity contribution is -0.383. The first kappa shape index (κ1) is 22.5. The van der Waals surface area contributed by atoms with E-state index in [4.69, 9.17) is 0 Å². The normalized spacial score (nSPS) is 11.3. The fourth-order valence-corrected chi connectivity index (χ4v) is 3.96. The van der Waals surface area contributed by atoms with Gasteiger partial charge >= 0.3 is 5.69 Å². The number of anilines is 3. The van der Waals surface area contributed by atoms with E-state index < -0.39 is 0 Å². The van der Waals surface area contributed by atoms with E-state index >= 15 is 0 Å². The van der Waals surface area contributed by atoms with Crippen LogP contribution in [0, 0.1) is 22.0 Å². The van der Waals surface area contributed by atoms with Crippen LogP contribution in [0.4, 0.5) is 23.0 Å². The van der Waals surface area contributed by atoms with Crippen molar-refractivity contribution in [1.29, 1.82) is 0 Å². The second-order valence-corrected chi connectivity index (χ2v) is 8.56. The van der Waals surface area contributed by atoms with E-state index in [1.165, 1.54) is 6.33 Å². The van der Waals surface area contributed by atoms with Gasteiger partial charge in [-0.15, -0.1) is 0 Å². The maximum absolute atomic E-state index is 12.3. The number of hydrogen-bond acceptors (Lipinski definition) is 6. The number of nitrogens with zero attached hydrogens (tertiary/aromatic N) is 5. The van der Waals surface area contributed by atoms with Crippen molar-refractivity contribution in [2.24, 2.45) is 11.8 Å². The summed E-state index contributed by atoms with van der Waals surface area (Å²) in [7, 11) is 0. The highest BCUT2D eigenvalue weighted by atomic mass is 16.6. The minimum Gasteiger partial charge on any atom is -0.350 e. The number of nitro groups is 1. The number of fused-ring (bicyclic) bond motifs is 1. The molecule has 0 atom stereocenters. The Morgan fingerprint density at radius 3 is 2.16 bits per heavy atom. The van der Waals surface area contributed by atoms with Gasteiger partial charge in [0.1, 0.15) is 6.33 Å². The summed E-state index contributed by atoms with van der Waals surface area (Å²) in [5.74, 6) is 1.40. The third kappa shape index (κ3) is 4.93. The van der Waals surface area contributed by atoms with E-state index in [0.29, 0.717) is 43.1 Å². The number of aromatic nitrogens is 2. The Labute approximate surface area is 183 Å². The van der Waals surface area contributed by atoms with Crippen LogP contribution >= 0.6 is 0 Å². The smallest absolute Gasteiger partial charge is 0.350 e. The van der Waals surface area contributed by atoms with Gasteiger partial charge in [-0.05, 0) is 30.2 Å². The fourth-order valence-electron chi connectivity index (χ4n) is 3.96. The number of benzene rings is 2. The summed E-state index contributed by atoms with van der Waals surface area (Å²) in [4.78, 5) is 24.7. The number of hydrogen-bond donors (Lipinski definition) is 0. The molecular formula is C24H31N5O2. The van der Waals surface area contributed by atoms with E-state index in [0.717, 1.165) is 16.5 Å². The largest absolute Gasteiger partial charge is 0.353 e. The summed E-state index contributed by atoms with van der Waals surface area (Å²) in [5.41, 5.74) is 0.853. The standard InChI is InChI=1S/C24H31N5O2/c1-6-28(21-13-9-11-19-10-7-8-12-20(19)21)24-22(29(30)31)23(25-16-26-24)27(14-17(2)3)15-18(4)5/h7-13,16-18H,6,14-15H2,1-5H3. The van der Waals surface area contributed by atoms with Crippen molar-refractivity contribution in [1.82, 2.24) is 9.97 Å². The lowest BCUT2D eigenvalue weighted by Gasteiger charge is -2.29. The van der Waals surface area contributed by atoms with Crippen LogP contribution < -0.4 is 9.80 Å². The molecular weight excluding hydrogens is 390 g/mol. The highest BCUT2D eigenvalue weighted by Gasteiger charge is 2.31. The summed E-state index contributed by atoms with van der Waals surface area (Å²) < 4.78 is 0. The van der Waals surface area contributed by atoms with Crippen molar-refractivity contribution in [2.45, 2.75) is 34.6 Å². The molecule has 1 heterocycles. The highest BCUT2D eigenvalue weighted by Crippen LogP contribution is 2.40. The minimum absolute atomic E-state index is 0.0430. The Morgan fingerprint density at radius 2 is 1.55 bits per heavy atom. The van der Waals surface area contributed by atoms with Gasteiger partial charge in [-0.2, -0.15) is 0 Å². The summed E-state index contributed by atoms with van der Waals surface area (Å²) in [6.07, 6.45) is 1.44. The molecule has 3 aromatic rings. The third-order valence-electron chi connectivity index (χ3n) is 5.07. The molecule has 0 amide bonds. The van der Waals surface area contributed by atoms with Crippen LogP contribution in [-0.4, -0.2) is 34.5 Å². The molecule has 0 aliphatic rings. The Kier molecular flexibility index (Phi) is 7.05. The summed E-state index contributed by atoms with van der Waals surface area (Å²) in [6, 6.07) is 14.0. The van der Waals surface area contributed by atoms with Crippen molar-refractivity contribution in [3.63, 3.8) is 0 Å². The predicted molar refractivity (Wildman–Crippen MR) is 127 cm³/mol. The van der Waals surface area contributed by atoms with Crippen molar-refractivity contribution in [3.05, 3.63) is 58.9 Å². The molecule has 0 unspecified atom stereocenters. The second kappa shape index (κ2) is 9.73. The molecule has 0 saturated carbocycles. The monoisotopic (exact) mass is 421 g/mol. The van der Waals surface area contributed by atoms with Gasteiger partial charge in [-0.25, -0.2) is 9.97 Å². The van der Waals surface area contributed by atoms with Crippen LogP contribution in [0.5, 0.6) is 0 Å². The first-order valence-corrected chi connectivity index (χ1v) is 10.8. The molecule has 0 aliphatic heterocycles. The Hall–Kier alpha value is -3.22. The Morgan fingerprint density at radius 1 is 0.935 bits per heavy atom. The van der Waals surface area contributed by atoms with E-state index in [1.807, 2.05) is 59.2 Å². The molecule has 0 aliphatic carbocycles. The predicted octanol–water partition coefficient (Wildman–Crippen LogP) is 5.81. The maximum atomic E-state index is 12.3. The molecule has 2 aromatic carbocycles. The molecule has 0 radical (unpaired) electrons. The molecule has 0 saturated heterocycles. The average Bonchev–Trinajstić information content (AvgIpc) is 2.73. The van der Waals surface area contributed by atoms with Gasteiger partial charge in [-0.3, -0.25) is 10.1 Å². The van der Waals surface area contributed by atoms with Crippen LogP contribution in [0.15, 0.2) is 48.8 Å². The summed E-state index contributed by atoms with van der Waals surface area (Å²) >= 11 is 0. The average molecular weight is 422 g/mol. The first-order valence-electron chi connectivity index (χ1n) is 10.8. The molecule has 7 heteroatoms. The van der Waals surface area contributed by atoms with Crippen molar-refractivity contribution < 1.29 is 4.92 Å². The number of rotatable bonds is 9. The topological polar surface area (TPSA) is 75.4 Å². The first-order chi connectivity index (χ1) is 14.8. The minimum atomic E-state index is -0.341. The van der Waals surface area contributed by atoms with Gasteiger partial charge in [0.25, 0.3) is 0 Å². The molecule has 1 aromatic heterocycles. The van der Waals surface area contributed by atoms with Crippen LogP contribution in [0.1, 0.15) is 34.6 Å². The second-order valence-electron chi connectivity index (χ2n) is 8.56. The van der Waals surface area contributed by atoms with E-state index in [1.54, 1.807) is 0 Å². The van der Waals surface area contributed by atoms with Gasteiger partial charge in [0, 0.05) is 25.0 Å². The van der Waals surface area contributed by atoms with Crippen LogP contribution in [0.2, 0.25) is 0 Å². The fraction of sp³-hybridized carbons (Fsp3) is 0.417. The molecule has 0 N–H and O–H groups in total. The molecule has 0 spiro atoms. The lowest BCUT2D eigenvalue weighted by Crippen LogP contribution is -2.33.